The lowest BCUT2D eigenvalue weighted by molar-refractivity contribution is -0.136. The molecule has 0 saturated carbocycles. The largest absolute Gasteiger partial charge is 0.481 e. The molecule has 2 N–H and O–H groups in total. The lowest BCUT2D eigenvalue weighted by atomic mass is 10.0. The van der Waals surface area contributed by atoms with Gasteiger partial charge in [-0.2, -0.15) is 0 Å². The van der Waals surface area contributed by atoms with E-state index in [9.17, 15) is 4.79 Å². The fourth-order valence-corrected chi connectivity index (χ4v) is 2.21. The molecule has 0 spiro atoms. The number of nitrogens with one attached hydrogen (secondary N) is 1. The van der Waals surface area contributed by atoms with Crippen LogP contribution in [-0.4, -0.2) is 11.1 Å². The van der Waals surface area contributed by atoms with Crippen molar-refractivity contribution in [2.45, 2.75) is 19.9 Å². The summed E-state index contributed by atoms with van der Waals surface area (Å²) in [6.45, 7) is 2.58. The maximum Gasteiger partial charge on any atom is 0.307 e. The van der Waals surface area contributed by atoms with Crippen LogP contribution in [0.1, 0.15) is 16.7 Å². The molecule has 0 amide bonds. The lowest BCUT2D eigenvalue weighted by Gasteiger charge is -2.12. The number of hydrogen-bond acceptors (Lipinski definition) is 2. The highest BCUT2D eigenvalue weighted by Crippen LogP contribution is 2.21. The second kappa shape index (κ2) is 6.44. The van der Waals surface area contributed by atoms with Crippen LogP contribution in [0, 0.1) is 6.92 Å². The van der Waals surface area contributed by atoms with Crippen molar-refractivity contribution < 1.29 is 9.90 Å². The first-order valence-electron chi connectivity index (χ1n) is 6.35. The molecular formula is C16H16ClNO2. The minimum absolute atomic E-state index is 0.0341. The van der Waals surface area contributed by atoms with Gasteiger partial charge in [0.05, 0.1) is 6.42 Å². The summed E-state index contributed by atoms with van der Waals surface area (Å²) in [5.74, 6) is -0.823. The summed E-state index contributed by atoms with van der Waals surface area (Å²) in [7, 11) is 0. The number of hydrogen-bond donors (Lipinski definition) is 2. The predicted molar refractivity (Wildman–Crippen MR) is 81.3 cm³/mol. The van der Waals surface area contributed by atoms with Gasteiger partial charge in [0.25, 0.3) is 0 Å². The van der Waals surface area contributed by atoms with Gasteiger partial charge in [-0.25, -0.2) is 0 Å². The maximum absolute atomic E-state index is 10.9. The van der Waals surface area contributed by atoms with Crippen molar-refractivity contribution in [3.8, 4) is 0 Å². The van der Waals surface area contributed by atoms with Gasteiger partial charge >= 0.3 is 5.97 Å². The number of carbonyl (C=O) groups is 1. The highest BCUT2D eigenvalue weighted by molar-refractivity contribution is 6.30. The number of benzene rings is 2. The van der Waals surface area contributed by atoms with Gasteiger partial charge < -0.3 is 10.4 Å². The van der Waals surface area contributed by atoms with E-state index in [-0.39, 0.29) is 6.42 Å². The highest BCUT2D eigenvalue weighted by Gasteiger charge is 2.06. The van der Waals surface area contributed by atoms with E-state index in [1.54, 1.807) is 0 Å². The first-order chi connectivity index (χ1) is 9.56. The fourth-order valence-electron chi connectivity index (χ4n) is 2.04. The lowest BCUT2D eigenvalue weighted by Crippen LogP contribution is -2.07. The van der Waals surface area contributed by atoms with Gasteiger partial charge in [0.1, 0.15) is 0 Å². The summed E-state index contributed by atoms with van der Waals surface area (Å²) >= 11 is 5.98. The number of aliphatic carboxylic acids is 1. The van der Waals surface area contributed by atoms with E-state index in [0.717, 1.165) is 22.4 Å². The Kier molecular flexibility index (Phi) is 4.64. The highest BCUT2D eigenvalue weighted by atomic mass is 35.5. The molecule has 0 saturated heterocycles. The molecule has 0 atom stereocenters. The van der Waals surface area contributed by atoms with Gasteiger partial charge in [-0.05, 0) is 35.7 Å². The summed E-state index contributed by atoms with van der Waals surface area (Å²) in [5.41, 5.74) is 3.87. The van der Waals surface area contributed by atoms with Crippen LogP contribution in [0.2, 0.25) is 5.02 Å². The van der Waals surface area contributed by atoms with Crippen molar-refractivity contribution in [2.75, 3.05) is 5.32 Å². The molecule has 4 heteroatoms. The molecule has 0 fully saturated rings. The molecule has 104 valence electrons. The Labute approximate surface area is 123 Å². The Hall–Kier alpha value is -2.00. The molecule has 2 aromatic rings. The minimum atomic E-state index is -0.823. The number of anilines is 1. The number of halogens is 1. The summed E-state index contributed by atoms with van der Waals surface area (Å²) in [6, 6.07) is 13.2. The standard InChI is InChI=1S/C16H16ClNO2/c1-11-6-7-14(17)9-15(11)18-10-13-5-3-2-4-12(13)8-16(19)20/h2-7,9,18H,8,10H2,1H3,(H,19,20). The summed E-state index contributed by atoms with van der Waals surface area (Å²) in [5, 5.41) is 12.9. The molecule has 3 nitrogen and oxygen atoms in total. The van der Waals surface area contributed by atoms with Crippen LogP contribution in [0.5, 0.6) is 0 Å². The van der Waals surface area contributed by atoms with Crippen LogP contribution in [0.15, 0.2) is 42.5 Å². The topological polar surface area (TPSA) is 49.3 Å². The Morgan fingerprint density at radius 1 is 1.20 bits per heavy atom. The van der Waals surface area contributed by atoms with Gasteiger partial charge in [-0.15, -0.1) is 0 Å². The first kappa shape index (κ1) is 14.4. The van der Waals surface area contributed by atoms with Crippen molar-refractivity contribution in [3.63, 3.8) is 0 Å². The molecular weight excluding hydrogens is 274 g/mol. The fraction of sp³-hybridized carbons (Fsp3) is 0.188. The van der Waals surface area contributed by atoms with Gasteiger partial charge in [-0.1, -0.05) is 41.9 Å². The second-order valence-electron chi connectivity index (χ2n) is 4.65. The molecule has 0 heterocycles. The quantitative estimate of drug-likeness (QED) is 0.878. The maximum atomic E-state index is 10.9. The van der Waals surface area contributed by atoms with Gasteiger partial charge in [0, 0.05) is 17.3 Å². The number of carboxylic acids is 1. The van der Waals surface area contributed by atoms with Crippen LogP contribution >= 0.6 is 11.6 Å². The third-order valence-electron chi connectivity index (χ3n) is 3.13. The molecule has 20 heavy (non-hydrogen) atoms. The van der Waals surface area contributed by atoms with Crippen LogP contribution < -0.4 is 5.32 Å². The third-order valence-corrected chi connectivity index (χ3v) is 3.36. The van der Waals surface area contributed by atoms with Crippen molar-refractivity contribution in [1.82, 2.24) is 0 Å². The smallest absolute Gasteiger partial charge is 0.307 e. The zero-order valence-electron chi connectivity index (χ0n) is 11.2. The monoisotopic (exact) mass is 289 g/mol. The summed E-state index contributed by atoms with van der Waals surface area (Å²) in [4.78, 5) is 10.9. The van der Waals surface area contributed by atoms with E-state index in [2.05, 4.69) is 5.32 Å². The van der Waals surface area contributed by atoms with Crippen LogP contribution in [0.25, 0.3) is 0 Å². The molecule has 0 aliphatic heterocycles. The molecule has 2 aromatic carbocycles. The molecule has 0 bridgehead atoms. The minimum Gasteiger partial charge on any atom is -0.481 e. The number of rotatable bonds is 5. The molecule has 2 rings (SSSR count). The third kappa shape index (κ3) is 3.75. The van der Waals surface area contributed by atoms with Crippen LogP contribution in [-0.2, 0) is 17.8 Å². The average Bonchev–Trinajstić information content (AvgIpc) is 2.41. The van der Waals surface area contributed by atoms with E-state index >= 15 is 0 Å². The van der Waals surface area contributed by atoms with Crippen molar-refractivity contribution in [3.05, 3.63) is 64.2 Å². The molecule has 0 radical (unpaired) electrons. The van der Waals surface area contributed by atoms with Gasteiger partial charge in [0.15, 0.2) is 0 Å². The first-order valence-corrected chi connectivity index (χ1v) is 6.72. The number of carboxylic acid groups (broad SMARTS) is 1. The van der Waals surface area contributed by atoms with E-state index in [0.29, 0.717) is 11.6 Å². The van der Waals surface area contributed by atoms with Crippen LogP contribution in [0.4, 0.5) is 5.69 Å². The zero-order valence-corrected chi connectivity index (χ0v) is 11.9. The number of aryl methyl sites for hydroxylation is 1. The average molecular weight is 290 g/mol. The van der Waals surface area contributed by atoms with E-state index in [1.807, 2.05) is 49.4 Å². The molecule has 0 aromatic heterocycles. The molecule has 0 aliphatic rings. The van der Waals surface area contributed by atoms with Crippen molar-refractivity contribution in [1.29, 1.82) is 0 Å². The Morgan fingerprint density at radius 3 is 2.60 bits per heavy atom. The normalized spacial score (nSPS) is 10.3. The van der Waals surface area contributed by atoms with Crippen LogP contribution in [0.3, 0.4) is 0 Å². The van der Waals surface area contributed by atoms with E-state index < -0.39 is 5.97 Å². The Balaban J connectivity index is 2.14. The summed E-state index contributed by atoms with van der Waals surface area (Å²) in [6.07, 6.45) is 0.0341. The van der Waals surface area contributed by atoms with E-state index in [4.69, 9.17) is 16.7 Å². The van der Waals surface area contributed by atoms with Crippen molar-refractivity contribution in [2.24, 2.45) is 0 Å². The second-order valence-corrected chi connectivity index (χ2v) is 5.09. The van der Waals surface area contributed by atoms with Crippen molar-refractivity contribution >= 4 is 23.3 Å². The van der Waals surface area contributed by atoms with Gasteiger partial charge in [-0.3, -0.25) is 4.79 Å². The van der Waals surface area contributed by atoms with Gasteiger partial charge in [0.2, 0.25) is 0 Å². The molecule has 0 aliphatic carbocycles. The zero-order chi connectivity index (χ0) is 14.5. The Bertz CT molecular complexity index is 626. The SMILES string of the molecule is Cc1ccc(Cl)cc1NCc1ccccc1CC(=O)O. The molecule has 0 unspecified atom stereocenters. The summed E-state index contributed by atoms with van der Waals surface area (Å²) < 4.78 is 0. The Morgan fingerprint density at radius 2 is 1.90 bits per heavy atom. The van der Waals surface area contributed by atoms with E-state index in [1.165, 1.54) is 0 Å². The predicted octanol–water partition coefficient (Wildman–Crippen LogP) is 3.89.